The molecule has 0 bridgehead atoms. The molecule has 10 heteroatoms. The van der Waals surface area contributed by atoms with Gasteiger partial charge >= 0.3 is 5.97 Å². The molecule has 144 valence electrons. The SMILES string of the molecule is Cc1ccc(S(=O)(=O)Nc2cc(-c3ccccc3)sc2C(=O)O)c([N+](=O)[O-])c1. The molecule has 0 aliphatic heterocycles. The second kappa shape index (κ2) is 7.41. The van der Waals surface area contributed by atoms with Gasteiger partial charge in [-0.05, 0) is 30.2 Å². The Kier molecular flexibility index (Phi) is 5.16. The van der Waals surface area contributed by atoms with Crippen molar-refractivity contribution >= 4 is 38.7 Å². The average Bonchev–Trinajstić information content (AvgIpc) is 3.05. The normalized spacial score (nSPS) is 11.2. The molecule has 3 aromatic rings. The van der Waals surface area contributed by atoms with E-state index in [0.29, 0.717) is 10.4 Å². The van der Waals surface area contributed by atoms with Gasteiger partial charge in [0.2, 0.25) is 0 Å². The van der Waals surface area contributed by atoms with E-state index >= 15 is 0 Å². The van der Waals surface area contributed by atoms with Crippen LogP contribution in [-0.4, -0.2) is 24.4 Å². The molecule has 2 aromatic carbocycles. The lowest BCUT2D eigenvalue weighted by atomic mass is 10.2. The summed E-state index contributed by atoms with van der Waals surface area (Å²) in [5.74, 6) is -1.30. The van der Waals surface area contributed by atoms with Crippen LogP contribution in [0.4, 0.5) is 11.4 Å². The summed E-state index contributed by atoms with van der Waals surface area (Å²) >= 11 is 0.909. The van der Waals surface area contributed by atoms with Crippen molar-refractivity contribution in [3.05, 3.63) is 75.2 Å². The number of anilines is 1. The Balaban J connectivity index is 2.07. The Morgan fingerprint density at radius 1 is 1.14 bits per heavy atom. The van der Waals surface area contributed by atoms with Gasteiger partial charge in [-0.1, -0.05) is 36.4 Å². The average molecular weight is 418 g/mol. The summed E-state index contributed by atoms with van der Waals surface area (Å²) in [5, 5.41) is 20.7. The molecule has 0 aliphatic carbocycles. The maximum Gasteiger partial charge on any atom is 0.348 e. The number of benzene rings is 2. The van der Waals surface area contributed by atoms with Crippen molar-refractivity contribution in [2.24, 2.45) is 0 Å². The Hall–Kier alpha value is -3.24. The molecule has 0 fully saturated rings. The zero-order chi connectivity index (χ0) is 20.5. The van der Waals surface area contributed by atoms with Crippen LogP contribution < -0.4 is 4.72 Å². The number of rotatable bonds is 6. The standard InChI is InChI=1S/C18H14N2O6S2/c1-11-7-8-16(14(9-11)20(23)24)28(25,26)19-13-10-15(27-17(13)18(21)22)12-5-3-2-4-6-12/h2-10,19H,1H3,(H,21,22). The molecular weight excluding hydrogens is 404 g/mol. The van der Waals surface area contributed by atoms with E-state index in [2.05, 4.69) is 4.72 Å². The van der Waals surface area contributed by atoms with Crippen LogP contribution in [-0.2, 0) is 10.0 Å². The van der Waals surface area contributed by atoms with Crippen LogP contribution >= 0.6 is 11.3 Å². The van der Waals surface area contributed by atoms with E-state index in [-0.39, 0.29) is 10.6 Å². The summed E-state index contributed by atoms with van der Waals surface area (Å²) in [6.07, 6.45) is 0. The summed E-state index contributed by atoms with van der Waals surface area (Å²) in [5.41, 5.74) is 0.523. The maximum absolute atomic E-state index is 12.8. The summed E-state index contributed by atoms with van der Waals surface area (Å²) < 4.78 is 27.7. The van der Waals surface area contributed by atoms with E-state index in [9.17, 15) is 28.4 Å². The summed E-state index contributed by atoms with van der Waals surface area (Å²) in [7, 11) is -4.38. The van der Waals surface area contributed by atoms with Crippen molar-refractivity contribution in [3.63, 3.8) is 0 Å². The van der Waals surface area contributed by atoms with Gasteiger partial charge in [-0.2, -0.15) is 0 Å². The molecule has 0 spiro atoms. The number of aromatic carboxylic acids is 1. The lowest BCUT2D eigenvalue weighted by molar-refractivity contribution is -0.387. The fourth-order valence-corrected chi connectivity index (χ4v) is 4.81. The molecule has 2 N–H and O–H groups in total. The first kappa shape index (κ1) is 19.5. The zero-order valence-corrected chi connectivity index (χ0v) is 16.1. The van der Waals surface area contributed by atoms with Gasteiger partial charge in [0.25, 0.3) is 15.7 Å². The van der Waals surface area contributed by atoms with Crippen LogP contribution in [0.2, 0.25) is 0 Å². The molecule has 0 radical (unpaired) electrons. The van der Waals surface area contributed by atoms with Crippen LogP contribution in [0, 0.1) is 17.0 Å². The molecule has 0 aliphatic rings. The van der Waals surface area contributed by atoms with Crippen LogP contribution in [0.25, 0.3) is 10.4 Å². The van der Waals surface area contributed by atoms with Gasteiger partial charge in [0.1, 0.15) is 4.88 Å². The lowest BCUT2D eigenvalue weighted by Gasteiger charge is -2.08. The van der Waals surface area contributed by atoms with Gasteiger partial charge < -0.3 is 5.11 Å². The Morgan fingerprint density at radius 3 is 2.43 bits per heavy atom. The Morgan fingerprint density at radius 2 is 1.82 bits per heavy atom. The highest BCUT2D eigenvalue weighted by molar-refractivity contribution is 7.92. The molecule has 8 nitrogen and oxygen atoms in total. The van der Waals surface area contributed by atoms with E-state index < -0.39 is 31.5 Å². The van der Waals surface area contributed by atoms with E-state index in [1.807, 2.05) is 0 Å². The largest absolute Gasteiger partial charge is 0.477 e. The van der Waals surface area contributed by atoms with E-state index in [1.54, 1.807) is 37.3 Å². The minimum atomic E-state index is -4.38. The number of nitrogens with one attached hydrogen (secondary N) is 1. The van der Waals surface area contributed by atoms with Crippen molar-refractivity contribution in [1.29, 1.82) is 0 Å². The summed E-state index contributed by atoms with van der Waals surface area (Å²) in [6.45, 7) is 1.60. The predicted octanol–water partition coefficient (Wildman–Crippen LogP) is 4.13. The smallest absolute Gasteiger partial charge is 0.348 e. The van der Waals surface area contributed by atoms with Crippen LogP contribution in [0.1, 0.15) is 15.2 Å². The number of carboxylic acids is 1. The van der Waals surface area contributed by atoms with Crippen molar-refractivity contribution in [1.82, 2.24) is 0 Å². The minimum absolute atomic E-state index is 0.147. The van der Waals surface area contributed by atoms with Crippen LogP contribution in [0.15, 0.2) is 59.5 Å². The molecule has 0 atom stereocenters. The van der Waals surface area contributed by atoms with Gasteiger partial charge in [0.15, 0.2) is 4.90 Å². The number of carbonyl (C=O) groups is 1. The van der Waals surface area contributed by atoms with Gasteiger partial charge in [0, 0.05) is 10.9 Å². The topological polar surface area (TPSA) is 127 Å². The third-order valence-electron chi connectivity index (χ3n) is 3.83. The van der Waals surface area contributed by atoms with Gasteiger partial charge in [-0.15, -0.1) is 11.3 Å². The Labute approximate surface area is 164 Å². The quantitative estimate of drug-likeness (QED) is 0.458. The summed E-state index contributed by atoms with van der Waals surface area (Å²) in [6, 6.07) is 14.0. The maximum atomic E-state index is 12.8. The zero-order valence-electron chi connectivity index (χ0n) is 14.4. The molecule has 0 saturated carbocycles. The van der Waals surface area contributed by atoms with E-state index in [0.717, 1.165) is 29.0 Å². The second-order valence-electron chi connectivity index (χ2n) is 5.86. The van der Waals surface area contributed by atoms with Gasteiger partial charge in [-0.25, -0.2) is 13.2 Å². The molecule has 0 amide bonds. The van der Waals surface area contributed by atoms with E-state index in [4.69, 9.17) is 0 Å². The molecule has 1 heterocycles. The number of hydrogen-bond donors (Lipinski definition) is 2. The third kappa shape index (κ3) is 3.87. The fourth-order valence-electron chi connectivity index (χ4n) is 2.57. The minimum Gasteiger partial charge on any atom is -0.477 e. The highest BCUT2D eigenvalue weighted by Crippen LogP contribution is 2.36. The van der Waals surface area contributed by atoms with Crippen molar-refractivity contribution < 1.29 is 23.2 Å². The fraction of sp³-hybridized carbons (Fsp3) is 0.0556. The first-order valence-corrected chi connectivity index (χ1v) is 10.2. The van der Waals surface area contributed by atoms with E-state index in [1.165, 1.54) is 12.1 Å². The van der Waals surface area contributed by atoms with Gasteiger partial charge in [0.05, 0.1) is 10.6 Å². The van der Waals surface area contributed by atoms with Gasteiger partial charge in [-0.3, -0.25) is 14.8 Å². The molecule has 28 heavy (non-hydrogen) atoms. The highest BCUT2D eigenvalue weighted by Gasteiger charge is 2.28. The predicted molar refractivity (Wildman–Crippen MR) is 105 cm³/mol. The van der Waals surface area contributed by atoms with Crippen LogP contribution in [0.5, 0.6) is 0 Å². The highest BCUT2D eigenvalue weighted by atomic mass is 32.2. The second-order valence-corrected chi connectivity index (χ2v) is 8.56. The number of aryl methyl sites for hydroxylation is 1. The van der Waals surface area contributed by atoms with Crippen molar-refractivity contribution in [3.8, 4) is 10.4 Å². The number of carboxylic acid groups (broad SMARTS) is 1. The molecule has 0 saturated heterocycles. The van der Waals surface area contributed by atoms with Crippen molar-refractivity contribution in [2.75, 3.05) is 4.72 Å². The number of sulfonamides is 1. The molecular formula is C18H14N2O6S2. The number of nitro groups is 1. The monoisotopic (exact) mass is 418 g/mol. The first-order chi connectivity index (χ1) is 13.2. The van der Waals surface area contributed by atoms with Crippen molar-refractivity contribution in [2.45, 2.75) is 11.8 Å². The number of nitrogens with zero attached hydrogens (tertiary/aromatic N) is 1. The molecule has 0 unspecified atom stereocenters. The number of thiophene rings is 1. The Bertz CT molecular complexity index is 1170. The number of hydrogen-bond acceptors (Lipinski definition) is 6. The lowest BCUT2D eigenvalue weighted by Crippen LogP contribution is -2.16. The number of nitro benzene ring substituents is 1. The molecule has 1 aromatic heterocycles. The third-order valence-corrected chi connectivity index (χ3v) is 6.41. The first-order valence-electron chi connectivity index (χ1n) is 7.89. The summed E-state index contributed by atoms with van der Waals surface area (Å²) in [4.78, 5) is 21.8. The van der Waals surface area contributed by atoms with Crippen LogP contribution in [0.3, 0.4) is 0 Å². The molecule has 3 rings (SSSR count).